The van der Waals surface area contributed by atoms with Crippen molar-refractivity contribution in [3.05, 3.63) is 56.2 Å². The van der Waals surface area contributed by atoms with Crippen molar-refractivity contribution in [1.29, 1.82) is 0 Å². The summed E-state index contributed by atoms with van der Waals surface area (Å²) >= 11 is 13.4. The van der Waals surface area contributed by atoms with Crippen molar-refractivity contribution in [2.75, 3.05) is 39.3 Å². The highest BCUT2D eigenvalue weighted by molar-refractivity contribution is 7.12. The summed E-state index contributed by atoms with van der Waals surface area (Å²) in [5.41, 5.74) is 0.513. The Kier molecular flexibility index (Phi) is 6.53. The molecular formula is C18H19Cl2N3O2S. The minimum Gasteiger partial charge on any atom is -0.350 e. The standard InChI is InChI=1S/C18H19Cl2N3O2S/c19-14-10-13(11-15(20)12-14)18(25)23-7-5-22(6-8-23)4-3-21-17(24)16-2-1-9-26-16/h1-2,9-12H,3-8H2,(H,21,24). The lowest BCUT2D eigenvalue weighted by Gasteiger charge is -2.34. The van der Waals surface area contributed by atoms with Gasteiger partial charge in [-0.2, -0.15) is 0 Å². The van der Waals surface area contributed by atoms with E-state index in [4.69, 9.17) is 23.2 Å². The summed E-state index contributed by atoms with van der Waals surface area (Å²) in [6, 6.07) is 8.57. The van der Waals surface area contributed by atoms with Gasteiger partial charge in [0, 0.05) is 54.9 Å². The number of nitrogens with one attached hydrogen (secondary N) is 1. The van der Waals surface area contributed by atoms with E-state index in [9.17, 15) is 9.59 Å². The van der Waals surface area contributed by atoms with Crippen LogP contribution in [0.3, 0.4) is 0 Å². The number of rotatable bonds is 5. The maximum absolute atomic E-state index is 12.6. The van der Waals surface area contributed by atoms with Crippen molar-refractivity contribution >= 4 is 46.4 Å². The fourth-order valence-corrected chi connectivity index (χ4v) is 4.02. The molecule has 0 saturated carbocycles. The van der Waals surface area contributed by atoms with Crippen LogP contribution in [0.5, 0.6) is 0 Å². The first-order valence-corrected chi connectivity index (χ1v) is 9.96. The van der Waals surface area contributed by atoms with Crippen molar-refractivity contribution in [1.82, 2.24) is 15.1 Å². The van der Waals surface area contributed by atoms with Crippen LogP contribution in [0.1, 0.15) is 20.0 Å². The van der Waals surface area contributed by atoms with Crippen LogP contribution in [0, 0.1) is 0 Å². The molecule has 0 unspecified atom stereocenters. The summed E-state index contributed by atoms with van der Waals surface area (Å²) in [6.45, 7) is 4.18. The molecule has 2 heterocycles. The molecule has 2 amide bonds. The lowest BCUT2D eigenvalue weighted by Crippen LogP contribution is -2.50. The number of hydrogen-bond donors (Lipinski definition) is 1. The highest BCUT2D eigenvalue weighted by Crippen LogP contribution is 2.20. The average molecular weight is 412 g/mol. The minimum atomic E-state index is -0.0555. The molecule has 8 heteroatoms. The maximum atomic E-state index is 12.6. The highest BCUT2D eigenvalue weighted by Gasteiger charge is 2.22. The Morgan fingerprint density at radius 2 is 1.77 bits per heavy atom. The largest absolute Gasteiger partial charge is 0.350 e. The van der Waals surface area contributed by atoms with Gasteiger partial charge in [0.1, 0.15) is 0 Å². The number of nitrogens with zero attached hydrogens (tertiary/aromatic N) is 2. The molecule has 138 valence electrons. The summed E-state index contributed by atoms with van der Waals surface area (Å²) in [4.78, 5) is 29.3. The Morgan fingerprint density at radius 3 is 2.38 bits per heavy atom. The average Bonchev–Trinajstić information content (AvgIpc) is 3.15. The maximum Gasteiger partial charge on any atom is 0.261 e. The topological polar surface area (TPSA) is 52.7 Å². The van der Waals surface area contributed by atoms with Crippen molar-refractivity contribution in [3.8, 4) is 0 Å². The number of benzene rings is 1. The molecule has 0 aliphatic carbocycles. The second-order valence-corrected chi connectivity index (χ2v) is 7.85. The SMILES string of the molecule is O=C(NCCN1CCN(C(=O)c2cc(Cl)cc(Cl)c2)CC1)c1cccs1. The van der Waals surface area contributed by atoms with Gasteiger partial charge in [0.05, 0.1) is 4.88 Å². The van der Waals surface area contributed by atoms with Gasteiger partial charge in [-0.3, -0.25) is 14.5 Å². The molecule has 0 spiro atoms. The zero-order chi connectivity index (χ0) is 18.5. The van der Waals surface area contributed by atoms with E-state index in [0.29, 0.717) is 35.2 Å². The third-order valence-corrected chi connectivity index (χ3v) is 5.53. The predicted molar refractivity (Wildman–Crippen MR) is 105 cm³/mol. The highest BCUT2D eigenvalue weighted by atomic mass is 35.5. The van der Waals surface area contributed by atoms with Gasteiger partial charge in [0.15, 0.2) is 0 Å². The lowest BCUT2D eigenvalue weighted by molar-refractivity contribution is 0.0638. The van der Waals surface area contributed by atoms with Gasteiger partial charge in [-0.1, -0.05) is 29.3 Å². The zero-order valence-electron chi connectivity index (χ0n) is 14.1. The third kappa shape index (κ3) is 4.98. The van der Waals surface area contributed by atoms with E-state index in [1.807, 2.05) is 22.4 Å². The molecule has 3 rings (SSSR count). The van der Waals surface area contributed by atoms with Crippen LogP contribution < -0.4 is 5.32 Å². The van der Waals surface area contributed by atoms with Crippen molar-refractivity contribution in [2.24, 2.45) is 0 Å². The third-order valence-electron chi connectivity index (χ3n) is 4.23. The minimum absolute atomic E-state index is 0.0355. The number of thiophene rings is 1. The monoisotopic (exact) mass is 411 g/mol. The Hall–Kier alpha value is -1.60. The molecule has 5 nitrogen and oxygen atoms in total. The molecule has 0 atom stereocenters. The lowest BCUT2D eigenvalue weighted by atomic mass is 10.2. The molecule has 1 saturated heterocycles. The molecule has 0 radical (unpaired) electrons. The molecule has 1 aliphatic heterocycles. The van der Waals surface area contributed by atoms with Crippen LogP contribution in [-0.2, 0) is 0 Å². The summed E-state index contributed by atoms with van der Waals surface area (Å²) in [6.07, 6.45) is 0. The molecule has 1 fully saturated rings. The second-order valence-electron chi connectivity index (χ2n) is 6.03. The number of carbonyl (C=O) groups excluding carboxylic acids is 2. The fraction of sp³-hybridized carbons (Fsp3) is 0.333. The molecule has 1 N–H and O–H groups in total. The number of halogens is 2. The van der Waals surface area contributed by atoms with Gasteiger partial charge < -0.3 is 10.2 Å². The van der Waals surface area contributed by atoms with Gasteiger partial charge in [-0.05, 0) is 29.6 Å². The Labute approximate surface area is 166 Å². The molecule has 26 heavy (non-hydrogen) atoms. The number of hydrogen-bond acceptors (Lipinski definition) is 4. The first-order chi connectivity index (χ1) is 12.5. The molecule has 1 aromatic heterocycles. The summed E-state index contributed by atoms with van der Waals surface area (Å²) in [5, 5.41) is 5.73. The molecular weight excluding hydrogens is 393 g/mol. The molecule has 1 aliphatic rings. The van der Waals surface area contributed by atoms with E-state index in [-0.39, 0.29) is 11.8 Å². The van der Waals surface area contributed by atoms with Gasteiger partial charge >= 0.3 is 0 Å². The van der Waals surface area contributed by atoms with Crippen LogP contribution in [0.4, 0.5) is 0 Å². The molecule has 0 bridgehead atoms. The van der Waals surface area contributed by atoms with Gasteiger partial charge in [0.25, 0.3) is 11.8 Å². The van der Waals surface area contributed by atoms with Crippen molar-refractivity contribution in [3.63, 3.8) is 0 Å². The number of piperazine rings is 1. The van der Waals surface area contributed by atoms with E-state index in [2.05, 4.69) is 10.2 Å². The first kappa shape index (κ1) is 19.2. The Morgan fingerprint density at radius 1 is 1.08 bits per heavy atom. The van der Waals surface area contributed by atoms with Crippen molar-refractivity contribution in [2.45, 2.75) is 0 Å². The zero-order valence-corrected chi connectivity index (χ0v) is 16.4. The van der Waals surface area contributed by atoms with E-state index >= 15 is 0 Å². The normalized spacial score (nSPS) is 15.1. The van der Waals surface area contributed by atoms with Gasteiger partial charge in [0.2, 0.25) is 0 Å². The molecule has 1 aromatic carbocycles. The van der Waals surface area contributed by atoms with Crippen LogP contribution in [0.2, 0.25) is 10.0 Å². The van der Waals surface area contributed by atoms with E-state index in [1.54, 1.807) is 18.2 Å². The van der Waals surface area contributed by atoms with Gasteiger partial charge in [-0.15, -0.1) is 11.3 Å². The van der Waals surface area contributed by atoms with E-state index in [0.717, 1.165) is 24.5 Å². The predicted octanol–water partition coefficient (Wildman–Crippen LogP) is 3.24. The summed E-state index contributed by atoms with van der Waals surface area (Å²) < 4.78 is 0. The Balaban J connectivity index is 1.44. The fourth-order valence-electron chi connectivity index (χ4n) is 2.86. The summed E-state index contributed by atoms with van der Waals surface area (Å²) in [5.74, 6) is -0.0910. The van der Waals surface area contributed by atoms with Crippen LogP contribution in [0.15, 0.2) is 35.7 Å². The van der Waals surface area contributed by atoms with E-state index in [1.165, 1.54) is 11.3 Å². The number of carbonyl (C=O) groups is 2. The van der Waals surface area contributed by atoms with Crippen LogP contribution in [0.25, 0.3) is 0 Å². The molecule has 2 aromatic rings. The van der Waals surface area contributed by atoms with E-state index < -0.39 is 0 Å². The Bertz CT molecular complexity index is 754. The number of amides is 2. The summed E-state index contributed by atoms with van der Waals surface area (Å²) in [7, 11) is 0. The second kappa shape index (κ2) is 8.86. The quantitative estimate of drug-likeness (QED) is 0.821. The first-order valence-electron chi connectivity index (χ1n) is 8.32. The van der Waals surface area contributed by atoms with Crippen LogP contribution in [-0.4, -0.2) is 60.9 Å². The van der Waals surface area contributed by atoms with Gasteiger partial charge in [-0.25, -0.2) is 0 Å². The van der Waals surface area contributed by atoms with Crippen molar-refractivity contribution < 1.29 is 9.59 Å². The van der Waals surface area contributed by atoms with Crippen LogP contribution >= 0.6 is 34.5 Å². The smallest absolute Gasteiger partial charge is 0.261 e.